The van der Waals surface area contributed by atoms with Gasteiger partial charge < -0.3 is 30.7 Å². The van der Waals surface area contributed by atoms with Crippen molar-refractivity contribution >= 4 is 29.5 Å². The van der Waals surface area contributed by atoms with Gasteiger partial charge in [0.15, 0.2) is 0 Å². The fourth-order valence-electron chi connectivity index (χ4n) is 3.89. The number of carboxylic acids is 1. The van der Waals surface area contributed by atoms with Crippen LogP contribution in [0.2, 0.25) is 0 Å². The minimum atomic E-state index is -1.33. The first-order valence-electron chi connectivity index (χ1n) is 12.6. The van der Waals surface area contributed by atoms with Crippen molar-refractivity contribution in [2.75, 3.05) is 5.73 Å². The zero-order chi connectivity index (χ0) is 29.5. The number of phenols is 1. The van der Waals surface area contributed by atoms with E-state index in [-0.39, 0.29) is 23.3 Å². The van der Waals surface area contributed by atoms with E-state index in [1.54, 1.807) is 47.6 Å². The number of amides is 1. The second-order valence-corrected chi connectivity index (χ2v) is 11.2. The summed E-state index contributed by atoms with van der Waals surface area (Å²) in [5.41, 5.74) is 5.68. The minimum absolute atomic E-state index is 0.110. The van der Waals surface area contributed by atoms with Crippen LogP contribution in [0.3, 0.4) is 0 Å². The molecule has 10 heteroatoms. The number of hydrogen-bond donors (Lipinski definition) is 4. The van der Waals surface area contributed by atoms with Gasteiger partial charge in [-0.2, -0.15) is 0 Å². The fraction of sp³-hybridized carbons (Fsp3) is 0.448. The number of esters is 2. The number of aryl methyl sites for hydroxylation is 1. The number of carbonyl (C=O) groups excluding carboxylic acids is 3. The molecular formula is C29H38N2O8. The monoisotopic (exact) mass is 542 g/mol. The number of carboxylic acid groups (broad SMARTS) is 1. The second kappa shape index (κ2) is 12.6. The van der Waals surface area contributed by atoms with Crippen molar-refractivity contribution in [3.63, 3.8) is 0 Å². The van der Waals surface area contributed by atoms with E-state index in [9.17, 15) is 29.4 Å². The lowest BCUT2D eigenvalue weighted by Gasteiger charge is -2.26. The van der Waals surface area contributed by atoms with Crippen LogP contribution >= 0.6 is 0 Å². The van der Waals surface area contributed by atoms with E-state index in [0.717, 1.165) is 0 Å². The molecule has 0 saturated heterocycles. The Morgan fingerprint density at radius 1 is 0.923 bits per heavy atom. The number of phenolic OH excluding ortho intramolecular Hbond substituents is 1. The van der Waals surface area contributed by atoms with E-state index >= 15 is 0 Å². The van der Waals surface area contributed by atoms with Crippen LogP contribution in [0.25, 0.3) is 0 Å². The highest BCUT2D eigenvalue weighted by Crippen LogP contribution is 2.25. The van der Waals surface area contributed by atoms with Gasteiger partial charge in [0, 0.05) is 16.8 Å². The highest BCUT2D eigenvalue weighted by molar-refractivity contribution is 5.99. The van der Waals surface area contributed by atoms with Crippen LogP contribution in [-0.4, -0.2) is 51.3 Å². The third kappa shape index (κ3) is 9.96. The zero-order valence-corrected chi connectivity index (χ0v) is 23.3. The maximum atomic E-state index is 13.3. The number of rotatable bonds is 10. The van der Waals surface area contributed by atoms with Crippen molar-refractivity contribution in [2.45, 2.75) is 84.5 Å². The number of nitrogens with two attached hydrogens (primary N) is 1. The largest absolute Gasteiger partial charge is 0.508 e. The number of anilines is 1. The molecule has 0 fully saturated rings. The average Bonchev–Trinajstić information content (AvgIpc) is 2.77. The molecule has 1 unspecified atom stereocenters. The van der Waals surface area contributed by atoms with Gasteiger partial charge >= 0.3 is 17.9 Å². The molecule has 0 aliphatic carbocycles. The van der Waals surface area contributed by atoms with Gasteiger partial charge in [0.2, 0.25) is 0 Å². The minimum Gasteiger partial charge on any atom is -0.508 e. The zero-order valence-electron chi connectivity index (χ0n) is 23.3. The summed E-state index contributed by atoms with van der Waals surface area (Å²) < 4.78 is 10.7. The Bertz CT molecular complexity index is 1220. The van der Waals surface area contributed by atoms with Crippen molar-refractivity contribution < 1.29 is 38.9 Å². The lowest BCUT2D eigenvalue weighted by atomic mass is 9.96. The summed E-state index contributed by atoms with van der Waals surface area (Å²) >= 11 is 0. The van der Waals surface area contributed by atoms with Gasteiger partial charge in [0.1, 0.15) is 23.0 Å². The van der Waals surface area contributed by atoms with E-state index in [2.05, 4.69) is 5.32 Å². The number of nitrogen functional groups attached to an aromatic ring is 1. The molecule has 39 heavy (non-hydrogen) atoms. The topological polar surface area (TPSA) is 165 Å². The maximum Gasteiger partial charge on any atom is 0.335 e. The van der Waals surface area contributed by atoms with Crippen LogP contribution in [0.15, 0.2) is 36.4 Å². The predicted molar refractivity (Wildman–Crippen MR) is 146 cm³/mol. The molecular weight excluding hydrogens is 504 g/mol. The smallest absolute Gasteiger partial charge is 0.335 e. The second-order valence-electron chi connectivity index (χ2n) is 11.2. The molecule has 0 saturated carbocycles. The van der Waals surface area contributed by atoms with Crippen LogP contribution in [-0.2, 0) is 31.9 Å². The number of hydrogen-bond acceptors (Lipinski definition) is 8. The lowest BCUT2D eigenvalue weighted by molar-refractivity contribution is -0.164. The standard InChI is InChI=1S/C29H38N2O8/c1-28(2,3)38-24(33)16-22(27(37)39-29(4,5)6)31-25(34)21-11-8-12-23(32)20(21)10-7-9-17-15-18(30)13-14-19(17)26(35)36/h8,11-15,22,32H,7,9-10,16,30H2,1-6H3,(H,31,34)(H,35,36). The summed E-state index contributed by atoms with van der Waals surface area (Å²) in [5.74, 6) is -3.38. The molecule has 0 aliphatic rings. The highest BCUT2D eigenvalue weighted by atomic mass is 16.6. The quantitative estimate of drug-likeness (QED) is 0.256. The Morgan fingerprint density at radius 2 is 1.56 bits per heavy atom. The summed E-state index contributed by atoms with van der Waals surface area (Å²) in [5, 5.41) is 22.5. The molecule has 5 N–H and O–H groups in total. The van der Waals surface area contributed by atoms with Gasteiger partial charge in [-0.15, -0.1) is 0 Å². The van der Waals surface area contributed by atoms with Crippen molar-refractivity contribution in [3.8, 4) is 5.75 Å². The van der Waals surface area contributed by atoms with Crippen molar-refractivity contribution in [1.82, 2.24) is 5.32 Å². The maximum absolute atomic E-state index is 13.3. The molecule has 0 aromatic heterocycles. The van der Waals surface area contributed by atoms with Crippen LogP contribution in [0.1, 0.15) is 86.2 Å². The Hall–Kier alpha value is -4.08. The van der Waals surface area contributed by atoms with E-state index in [0.29, 0.717) is 29.7 Å². The molecule has 0 bridgehead atoms. The Balaban J connectivity index is 2.26. The lowest BCUT2D eigenvalue weighted by Crippen LogP contribution is -2.46. The normalized spacial score (nSPS) is 12.4. The molecule has 0 heterocycles. The molecule has 10 nitrogen and oxygen atoms in total. The molecule has 1 atom stereocenters. The average molecular weight is 543 g/mol. The number of aromatic carboxylic acids is 1. The molecule has 0 spiro atoms. The number of ether oxygens (including phenoxy) is 2. The first-order valence-corrected chi connectivity index (χ1v) is 12.6. The van der Waals surface area contributed by atoms with E-state index in [1.165, 1.54) is 30.3 Å². The third-order valence-corrected chi connectivity index (χ3v) is 5.42. The molecule has 2 rings (SSSR count). The van der Waals surface area contributed by atoms with Crippen LogP contribution in [0, 0.1) is 0 Å². The molecule has 0 radical (unpaired) electrons. The number of aromatic hydroxyl groups is 1. The Kier molecular flexibility index (Phi) is 10.1. The summed E-state index contributed by atoms with van der Waals surface area (Å²) in [7, 11) is 0. The van der Waals surface area contributed by atoms with Gasteiger partial charge in [-0.05, 0) is 96.7 Å². The van der Waals surface area contributed by atoms with Gasteiger partial charge in [0.25, 0.3) is 5.91 Å². The molecule has 2 aromatic rings. The number of nitrogens with one attached hydrogen (secondary N) is 1. The molecule has 0 aliphatic heterocycles. The van der Waals surface area contributed by atoms with Gasteiger partial charge in [-0.25, -0.2) is 9.59 Å². The number of benzene rings is 2. The molecule has 212 valence electrons. The van der Waals surface area contributed by atoms with E-state index < -0.39 is 47.5 Å². The third-order valence-electron chi connectivity index (χ3n) is 5.42. The number of carbonyl (C=O) groups is 4. The molecule has 1 amide bonds. The van der Waals surface area contributed by atoms with Crippen molar-refractivity contribution in [3.05, 3.63) is 58.7 Å². The van der Waals surface area contributed by atoms with E-state index in [1.807, 2.05) is 0 Å². The SMILES string of the molecule is CC(C)(C)OC(=O)CC(NC(=O)c1cccc(O)c1CCCc1cc(N)ccc1C(=O)O)C(=O)OC(C)(C)C. The molecule has 2 aromatic carbocycles. The summed E-state index contributed by atoms with van der Waals surface area (Å²) in [4.78, 5) is 50.2. The van der Waals surface area contributed by atoms with E-state index in [4.69, 9.17) is 15.2 Å². The van der Waals surface area contributed by atoms with Crippen LogP contribution in [0.4, 0.5) is 5.69 Å². The predicted octanol–water partition coefficient (Wildman–Crippen LogP) is 4.02. The van der Waals surface area contributed by atoms with Crippen molar-refractivity contribution in [1.29, 1.82) is 0 Å². The van der Waals surface area contributed by atoms with Gasteiger partial charge in [0.05, 0.1) is 12.0 Å². The van der Waals surface area contributed by atoms with Crippen LogP contribution < -0.4 is 11.1 Å². The first kappa shape index (κ1) is 31.1. The summed E-state index contributed by atoms with van der Waals surface area (Å²) in [6, 6.07) is 7.62. The summed E-state index contributed by atoms with van der Waals surface area (Å²) in [6.07, 6.45) is 0.516. The van der Waals surface area contributed by atoms with Crippen molar-refractivity contribution in [2.24, 2.45) is 0 Å². The first-order chi connectivity index (χ1) is 18.0. The Morgan fingerprint density at radius 3 is 2.15 bits per heavy atom. The van der Waals surface area contributed by atoms with Gasteiger partial charge in [-0.1, -0.05) is 6.07 Å². The van der Waals surface area contributed by atoms with Crippen LogP contribution in [0.5, 0.6) is 5.75 Å². The summed E-state index contributed by atoms with van der Waals surface area (Å²) in [6.45, 7) is 10.1. The van der Waals surface area contributed by atoms with Gasteiger partial charge in [-0.3, -0.25) is 9.59 Å². The Labute approximate surface area is 228 Å². The fourth-order valence-corrected chi connectivity index (χ4v) is 3.89. The highest BCUT2D eigenvalue weighted by Gasteiger charge is 2.31.